The molecule has 1 aliphatic heterocycles. The van der Waals surface area contributed by atoms with Crippen LogP contribution in [-0.4, -0.2) is 36.0 Å². The smallest absolute Gasteiger partial charge is 0.338 e. The number of nitrogens with zero attached hydrogens (tertiary/aromatic N) is 1. The van der Waals surface area contributed by atoms with Crippen LogP contribution in [-0.2, 0) is 14.3 Å². The molecule has 1 unspecified atom stereocenters. The minimum Gasteiger partial charge on any atom is -0.463 e. The number of benzene rings is 1. The van der Waals surface area contributed by atoms with Gasteiger partial charge in [-0.25, -0.2) is 9.59 Å². The average Bonchev–Trinajstić information content (AvgIpc) is 3.26. The maximum absolute atomic E-state index is 12.7. The highest BCUT2D eigenvalue weighted by molar-refractivity contribution is 5.95. The van der Waals surface area contributed by atoms with Crippen LogP contribution < -0.4 is 10.6 Å². The lowest BCUT2D eigenvalue weighted by molar-refractivity contribution is -0.139. The van der Waals surface area contributed by atoms with Crippen molar-refractivity contribution in [1.29, 1.82) is 0 Å². The highest BCUT2D eigenvalue weighted by atomic mass is 16.5. The summed E-state index contributed by atoms with van der Waals surface area (Å²) in [5.74, 6) is -0.281. The van der Waals surface area contributed by atoms with Gasteiger partial charge in [-0.2, -0.15) is 0 Å². The number of esters is 1. The third kappa shape index (κ3) is 4.66. The molecule has 0 saturated heterocycles. The van der Waals surface area contributed by atoms with Crippen molar-refractivity contribution in [3.63, 3.8) is 0 Å². The lowest BCUT2D eigenvalue weighted by atomic mass is 9.94. The van der Waals surface area contributed by atoms with Crippen LogP contribution in [0.5, 0.6) is 0 Å². The third-order valence-corrected chi connectivity index (χ3v) is 5.78. The summed E-state index contributed by atoms with van der Waals surface area (Å²) in [6.45, 7) is 6.31. The quantitative estimate of drug-likeness (QED) is 0.658. The number of hydrogen-bond acceptors (Lipinski definition) is 4. The second kappa shape index (κ2) is 9.78. The number of ether oxygens (including phenoxy) is 1. The van der Waals surface area contributed by atoms with E-state index >= 15 is 0 Å². The van der Waals surface area contributed by atoms with Gasteiger partial charge in [0.1, 0.15) is 0 Å². The van der Waals surface area contributed by atoms with Crippen molar-refractivity contribution in [3.8, 4) is 0 Å². The second-order valence-corrected chi connectivity index (χ2v) is 7.85. The van der Waals surface area contributed by atoms with Crippen LogP contribution in [0.25, 0.3) is 0 Å². The Kier molecular flexibility index (Phi) is 7.13. The Balaban J connectivity index is 1.83. The van der Waals surface area contributed by atoms with Crippen molar-refractivity contribution in [3.05, 3.63) is 41.1 Å². The van der Waals surface area contributed by atoms with E-state index < -0.39 is 12.0 Å². The molecule has 0 aromatic heterocycles. The van der Waals surface area contributed by atoms with Crippen molar-refractivity contribution in [2.24, 2.45) is 5.92 Å². The number of urea groups is 1. The summed E-state index contributed by atoms with van der Waals surface area (Å²) in [4.78, 5) is 39.3. The number of nitrogens with one attached hydrogen (secondary N) is 2. The minimum atomic E-state index is -0.593. The van der Waals surface area contributed by atoms with Gasteiger partial charge in [-0.05, 0) is 50.8 Å². The molecule has 1 aliphatic carbocycles. The van der Waals surface area contributed by atoms with Crippen molar-refractivity contribution in [2.75, 3.05) is 18.5 Å². The lowest BCUT2D eigenvalue weighted by Gasteiger charge is -2.35. The molecule has 3 amide bonds. The molecule has 0 radical (unpaired) electrons. The van der Waals surface area contributed by atoms with E-state index in [4.69, 9.17) is 4.74 Å². The first-order valence-corrected chi connectivity index (χ1v) is 10.8. The van der Waals surface area contributed by atoms with Crippen LogP contribution in [0.3, 0.4) is 0 Å². The van der Waals surface area contributed by atoms with Gasteiger partial charge in [0.05, 0.1) is 18.2 Å². The molecule has 30 heavy (non-hydrogen) atoms. The van der Waals surface area contributed by atoms with Crippen LogP contribution >= 0.6 is 0 Å². The zero-order chi connectivity index (χ0) is 21.7. The predicted molar refractivity (Wildman–Crippen MR) is 115 cm³/mol. The van der Waals surface area contributed by atoms with Crippen molar-refractivity contribution >= 4 is 23.6 Å². The number of rotatable bonds is 7. The van der Waals surface area contributed by atoms with E-state index in [1.54, 1.807) is 18.7 Å². The fraction of sp³-hybridized carbons (Fsp3) is 0.522. The Hall–Kier alpha value is -2.83. The molecule has 7 heteroatoms. The molecule has 2 aliphatic rings. The largest absolute Gasteiger partial charge is 0.463 e. The van der Waals surface area contributed by atoms with Gasteiger partial charge in [0.2, 0.25) is 5.91 Å². The SMILES string of the molecule is CCCN1C(=O)NC(c2ccc(NC(=O)C3CCCC3)cc2)C(C(=O)OCC)=C1C. The maximum Gasteiger partial charge on any atom is 0.338 e. The summed E-state index contributed by atoms with van der Waals surface area (Å²) < 4.78 is 5.27. The van der Waals surface area contributed by atoms with Crippen LogP contribution in [0.4, 0.5) is 10.5 Å². The van der Waals surface area contributed by atoms with E-state index in [0.717, 1.165) is 37.7 Å². The molecule has 2 N–H and O–H groups in total. The Labute approximate surface area is 177 Å². The Morgan fingerprint density at radius 1 is 1.17 bits per heavy atom. The van der Waals surface area contributed by atoms with Crippen LogP contribution in [0.2, 0.25) is 0 Å². The number of amides is 3. The van der Waals surface area contributed by atoms with E-state index in [1.807, 2.05) is 31.2 Å². The average molecular weight is 414 g/mol. The minimum absolute atomic E-state index is 0.0596. The van der Waals surface area contributed by atoms with Gasteiger partial charge in [0.15, 0.2) is 0 Å². The Morgan fingerprint density at radius 2 is 1.83 bits per heavy atom. The maximum atomic E-state index is 12.7. The van der Waals surface area contributed by atoms with Crippen molar-refractivity contribution in [2.45, 2.75) is 58.9 Å². The first-order chi connectivity index (χ1) is 14.5. The Bertz CT molecular complexity index is 825. The second-order valence-electron chi connectivity index (χ2n) is 7.85. The van der Waals surface area contributed by atoms with E-state index in [9.17, 15) is 14.4 Å². The van der Waals surface area contributed by atoms with Gasteiger partial charge in [0.25, 0.3) is 0 Å². The summed E-state index contributed by atoms with van der Waals surface area (Å²) in [5, 5.41) is 5.90. The zero-order valence-corrected chi connectivity index (χ0v) is 18.0. The van der Waals surface area contributed by atoms with Gasteiger partial charge in [-0.3, -0.25) is 9.69 Å². The van der Waals surface area contributed by atoms with Gasteiger partial charge >= 0.3 is 12.0 Å². The number of carbonyl (C=O) groups excluding carboxylic acids is 3. The number of allylic oxidation sites excluding steroid dienone is 1. The first kappa shape index (κ1) is 21.9. The summed E-state index contributed by atoms with van der Waals surface area (Å²) >= 11 is 0. The molecule has 1 atom stereocenters. The van der Waals surface area contributed by atoms with Gasteiger partial charge in [0, 0.05) is 23.8 Å². The first-order valence-electron chi connectivity index (χ1n) is 10.8. The molecule has 1 fully saturated rings. The van der Waals surface area contributed by atoms with Gasteiger partial charge < -0.3 is 15.4 Å². The van der Waals surface area contributed by atoms with Crippen molar-refractivity contribution < 1.29 is 19.1 Å². The summed E-state index contributed by atoms with van der Waals surface area (Å²) in [6.07, 6.45) is 4.88. The molecule has 1 aromatic rings. The summed E-state index contributed by atoms with van der Waals surface area (Å²) in [5.41, 5.74) is 2.53. The van der Waals surface area contributed by atoms with Crippen LogP contribution in [0.15, 0.2) is 35.5 Å². The zero-order valence-electron chi connectivity index (χ0n) is 18.0. The standard InChI is InChI=1S/C23H31N3O4/c1-4-14-26-15(3)19(22(28)30-5-2)20(25-23(26)29)16-10-12-18(13-11-16)24-21(27)17-8-6-7-9-17/h10-13,17,20H,4-9,14H2,1-3H3,(H,24,27)(H,25,29). The number of hydrogen-bond donors (Lipinski definition) is 2. The van der Waals surface area contributed by atoms with Crippen LogP contribution in [0.1, 0.15) is 64.5 Å². The highest BCUT2D eigenvalue weighted by Gasteiger charge is 2.36. The number of anilines is 1. The topological polar surface area (TPSA) is 87.7 Å². The molecule has 0 bridgehead atoms. The fourth-order valence-corrected chi connectivity index (χ4v) is 4.19. The summed E-state index contributed by atoms with van der Waals surface area (Å²) in [6, 6.07) is 6.46. The lowest BCUT2D eigenvalue weighted by Crippen LogP contribution is -2.48. The Morgan fingerprint density at radius 3 is 2.43 bits per heavy atom. The van der Waals surface area contributed by atoms with E-state index in [0.29, 0.717) is 23.5 Å². The van der Waals surface area contributed by atoms with E-state index in [-0.39, 0.29) is 24.5 Å². The molecule has 1 aromatic carbocycles. The summed E-state index contributed by atoms with van der Waals surface area (Å²) in [7, 11) is 0. The normalized spacial score (nSPS) is 19.6. The molecule has 3 rings (SSSR count). The molecule has 1 heterocycles. The third-order valence-electron chi connectivity index (χ3n) is 5.78. The van der Waals surface area contributed by atoms with E-state index in [1.165, 1.54) is 0 Å². The van der Waals surface area contributed by atoms with E-state index in [2.05, 4.69) is 10.6 Å². The molecule has 7 nitrogen and oxygen atoms in total. The molecular formula is C23H31N3O4. The van der Waals surface area contributed by atoms with Crippen molar-refractivity contribution in [1.82, 2.24) is 10.2 Å². The molecular weight excluding hydrogens is 382 g/mol. The van der Waals surface area contributed by atoms with Gasteiger partial charge in [-0.1, -0.05) is 31.9 Å². The molecule has 0 spiro atoms. The number of carbonyl (C=O) groups is 3. The predicted octanol–water partition coefficient (Wildman–Crippen LogP) is 4.13. The fourth-order valence-electron chi connectivity index (χ4n) is 4.19. The van der Waals surface area contributed by atoms with Crippen LogP contribution in [0, 0.1) is 5.92 Å². The monoisotopic (exact) mass is 413 g/mol. The highest BCUT2D eigenvalue weighted by Crippen LogP contribution is 2.32. The molecule has 162 valence electrons. The van der Waals surface area contributed by atoms with Gasteiger partial charge in [-0.15, -0.1) is 0 Å². The molecule has 1 saturated carbocycles.